The number of anilines is 1. The van der Waals surface area contributed by atoms with Crippen LogP contribution in [0.4, 0.5) is 5.69 Å². The van der Waals surface area contributed by atoms with E-state index in [1.54, 1.807) is 11.3 Å². The lowest BCUT2D eigenvalue weighted by Gasteiger charge is -2.06. The second-order valence-electron chi connectivity index (χ2n) is 6.30. The van der Waals surface area contributed by atoms with Crippen molar-refractivity contribution < 1.29 is 4.79 Å². The summed E-state index contributed by atoms with van der Waals surface area (Å²) in [7, 11) is 0. The fourth-order valence-electron chi connectivity index (χ4n) is 3.43. The quantitative estimate of drug-likeness (QED) is 0.541. The maximum atomic E-state index is 12.4. The molecule has 0 fully saturated rings. The summed E-state index contributed by atoms with van der Waals surface area (Å²) in [4.78, 5) is 16.9. The summed E-state index contributed by atoms with van der Waals surface area (Å²) in [5.41, 5.74) is 4.09. The molecule has 2 aromatic heterocycles. The fourth-order valence-corrected chi connectivity index (χ4v) is 4.18. The number of para-hydroxylation sites is 1. The van der Waals surface area contributed by atoms with Gasteiger partial charge in [0.2, 0.25) is 5.91 Å². The highest BCUT2D eigenvalue weighted by Crippen LogP contribution is 2.31. The smallest absolute Gasteiger partial charge is 0.230 e. The van der Waals surface area contributed by atoms with Crippen LogP contribution in [0.15, 0.2) is 47.8 Å². The van der Waals surface area contributed by atoms with E-state index in [9.17, 15) is 4.79 Å². The van der Waals surface area contributed by atoms with Crippen molar-refractivity contribution in [2.24, 2.45) is 0 Å². The summed E-state index contributed by atoms with van der Waals surface area (Å²) in [5, 5.41) is 8.44. The molecule has 0 spiro atoms. The largest absolute Gasteiger partial charge is 0.341 e. The standard InChI is InChI=1S/C21H21N3OS/c1-3-21-23-15(13-26-21)12-20(25)22-14-9-10-19-17(11-14)16-7-5-6-8-18(16)24(19)4-2/h5-11,13H,3-4,12H2,1-2H3,(H,22,25). The van der Waals surface area contributed by atoms with Gasteiger partial charge in [0, 0.05) is 39.4 Å². The normalized spacial score (nSPS) is 11.3. The number of benzene rings is 2. The third-order valence-electron chi connectivity index (χ3n) is 4.62. The van der Waals surface area contributed by atoms with Gasteiger partial charge in [-0.15, -0.1) is 11.3 Å². The van der Waals surface area contributed by atoms with Gasteiger partial charge in [-0.3, -0.25) is 4.79 Å². The number of aromatic nitrogens is 2. The molecule has 0 bridgehead atoms. The minimum absolute atomic E-state index is 0.0310. The predicted molar refractivity (Wildman–Crippen MR) is 109 cm³/mol. The average Bonchev–Trinajstić information content (AvgIpc) is 3.23. The zero-order valence-electron chi connectivity index (χ0n) is 15.0. The number of carbonyl (C=O) groups excluding carboxylic acids is 1. The number of hydrogen-bond donors (Lipinski definition) is 1. The van der Waals surface area contributed by atoms with E-state index in [2.05, 4.69) is 65.1 Å². The topological polar surface area (TPSA) is 46.9 Å². The number of fused-ring (bicyclic) bond motifs is 3. The molecule has 0 radical (unpaired) electrons. The molecule has 1 amide bonds. The van der Waals surface area contributed by atoms with E-state index in [1.165, 1.54) is 21.8 Å². The number of carbonyl (C=O) groups is 1. The van der Waals surface area contributed by atoms with E-state index in [1.807, 2.05) is 11.4 Å². The molecule has 2 aromatic carbocycles. The Kier molecular flexibility index (Phi) is 4.47. The van der Waals surface area contributed by atoms with E-state index in [4.69, 9.17) is 0 Å². The second kappa shape index (κ2) is 6.92. The molecule has 0 aliphatic carbocycles. The van der Waals surface area contributed by atoms with Crippen LogP contribution < -0.4 is 5.32 Å². The Balaban J connectivity index is 1.63. The number of nitrogens with one attached hydrogen (secondary N) is 1. The molecule has 0 aliphatic heterocycles. The monoisotopic (exact) mass is 363 g/mol. The molecule has 4 nitrogen and oxygen atoms in total. The Morgan fingerprint density at radius 3 is 2.69 bits per heavy atom. The van der Waals surface area contributed by atoms with Crippen LogP contribution in [0.5, 0.6) is 0 Å². The molecule has 0 saturated carbocycles. The molecule has 26 heavy (non-hydrogen) atoms. The molecule has 132 valence electrons. The van der Waals surface area contributed by atoms with E-state index in [-0.39, 0.29) is 5.91 Å². The van der Waals surface area contributed by atoms with Gasteiger partial charge in [0.05, 0.1) is 17.1 Å². The molecule has 5 heteroatoms. The van der Waals surface area contributed by atoms with E-state index in [0.717, 1.165) is 29.4 Å². The lowest BCUT2D eigenvalue weighted by Crippen LogP contribution is -2.14. The summed E-state index contributed by atoms with van der Waals surface area (Å²) in [6, 6.07) is 14.5. The Bertz CT molecular complexity index is 1090. The van der Waals surface area contributed by atoms with Crippen molar-refractivity contribution in [2.45, 2.75) is 33.2 Å². The molecular formula is C21H21N3OS. The third-order valence-corrected chi connectivity index (χ3v) is 5.66. The molecular weight excluding hydrogens is 342 g/mol. The minimum Gasteiger partial charge on any atom is -0.341 e. The van der Waals surface area contributed by atoms with Gasteiger partial charge < -0.3 is 9.88 Å². The summed E-state index contributed by atoms with van der Waals surface area (Å²) >= 11 is 1.61. The molecule has 0 unspecified atom stereocenters. The molecule has 0 aliphatic rings. The second-order valence-corrected chi connectivity index (χ2v) is 7.25. The zero-order chi connectivity index (χ0) is 18.1. The zero-order valence-corrected chi connectivity index (χ0v) is 15.8. The molecule has 2 heterocycles. The maximum Gasteiger partial charge on any atom is 0.230 e. The first-order chi connectivity index (χ1) is 12.7. The number of aryl methyl sites for hydroxylation is 2. The number of thiazole rings is 1. The van der Waals surface area contributed by atoms with Crippen LogP contribution in [0.3, 0.4) is 0 Å². The van der Waals surface area contributed by atoms with E-state index in [0.29, 0.717) is 6.42 Å². The molecule has 0 saturated heterocycles. The van der Waals surface area contributed by atoms with Gasteiger partial charge >= 0.3 is 0 Å². The van der Waals surface area contributed by atoms with Gasteiger partial charge in [-0.25, -0.2) is 4.98 Å². The lowest BCUT2D eigenvalue weighted by atomic mass is 10.1. The fraction of sp³-hybridized carbons (Fsp3) is 0.238. The highest BCUT2D eigenvalue weighted by molar-refractivity contribution is 7.09. The highest BCUT2D eigenvalue weighted by atomic mass is 32.1. The minimum atomic E-state index is -0.0310. The number of hydrogen-bond acceptors (Lipinski definition) is 3. The Morgan fingerprint density at radius 1 is 1.12 bits per heavy atom. The SMILES string of the molecule is CCc1nc(CC(=O)Nc2ccc3c(c2)c2ccccc2n3CC)cs1. The van der Waals surface area contributed by atoms with E-state index < -0.39 is 0 Å². The van der Waals surface area contributed by atoms with E-state index >= 15 is 0 Å². The first-order valence-corrected chi connectivity index (χ1v) is 9.81. The van der Waals surface area contributed by atoms with Crippen LogP contribution in [-0.4, -0.2) is 15.5 Å². The van der Waals surface area contributed by atoms with Crippen molar-refractivity contribution in [1.29, 1.82) is 0 Å². The first kappa shape index (κ1) is 16.8. The third kappa shape index (κ3) is 2.99. The molecule has 0 atom stereocenters. The van der Waals surface area contributed by atoms with Gasteiger partial charge in [-0.2, -0.15) is 0 Å². The van der Waals surface area contributed by atoms with Crippen molar-refractivity contribution in [1.82, 2.24) is 9.55 Å². The molecule has 1 N–H and O–H groups in total. The number of amides is 1. The van der Waals surface area contributed by atoms with Crippen molar-refractivity contribution in [2.75, 3.05) is 5.32 Å². The van der Waals surface area contributed by atoms with Gasteiger partial charge in [0.25, 0.3) is 0 Å². The van der Waals surface area contributed by atoms with Crippen molar-refractivity contribution in [3.05, 3.63) is 58.5 Å². The van der Waals surface area contributed by atoms with Gasteiger partial charge in [0.15, 0.2) is 0 Å². The Morgan fingerprint density at radius 2 is 1.92 bits per heavy atom. The van der Waals surface area contributed by atoms with Crippen LogP contribution >= 0.6 is 11.3 Å². The lowest BCUT2D eigenvalue weighted by molar-refractivity contribution is -0.115. The van der Waals surface area contributed by atoms with Crippen LogP contribution in [-0.2, 0) is 24.2 Å². The molecule has 4 rings (SSSR count). The van der Waals surface area contributed by atoms with Crippen molar-refractivity contribution >= 4 is 44.7 Å². The maximum absolute atomic E-state index is 12.4. The van der Waals surface area contributed by atoms with Crippen LogP contribution in [0.25, 0.3) is 21.8 Å². The van der Waals surface area contributed by atoms with Crippen molar-refractivity contribution in [3.8, 4) is 0 Å². The van der Waals surface area contributed by atoms with Gasteiger partial charge in [-0.1, -0.05) is 25.1 Å². The number of nitrogens with zero attached hydrogens (tertiary/aromatic N) is 2. The average molecular weight is 363 g/mol. The first-order valence-electron chi connectivity index (χ1n) is 8.93. The predicted octanol–water partition coefficient (Wildman–Crippen LogP) is 5.01. The van der Waals surface area contributed by atoms with Gasteiger partial charge in [0.1, 0.15) is 0 Å². The highest BCUT2D eigenvalue weighted by Gasteiger charge is 2.12. The summed E-state index contributed by atoms with van der Waals surface area (Å²) < 4.78 is 2.30. The van der Waals surface area contributed by atoms with Crippen LogP contribution in [0, 0.1) is 0 Å². The van der Waals surface area contributed by atoms with Gasteiger partial charge in [-0.05, 0) is 37.6 Å². The number of rotatable bonds is 5. The van der Waals surface area contributed by atoms with Crippen LogP contribution in [0.2, 0.25) is 0 Å². The van der Waals surface area contributed by atoms with Crippen LogP contribution in [0.1, 0.15) is 24.5 Å². The Hall–Kier alpha value is -2.66. The summed E-state index contributed by atoms with van der Waals surface area (Å²) in [5.74, 6) is -0.0310. The Labute approximate surface area is 156 Å². The summed E-state index contributed by atoms with van der Waals surface area (Å²) in [6.45, 7) is 5.14. The summed E-state index contributed by atoms with van der Waals surface area (Å²) in [6.07, 6.45) is 1.22. The van der Waals surface area contributed by atoms with Crippen molar-refractivity contribution in [3.63, 3.8) is 0 Å². The molecule has 4 aromatic rings.